The third-order valence-corrected chi connectivity index (χ3v) is 5.20. The molecule has 1 heterocycles. The zero-order valence-electron chi connectivity index (χ0n) is 13.4. The van der Waals surface area contributed by atoms with Crippen LogP contribution in [0.1, 0.15) is 63.5 Å². The van der Waals surface area contributed by atoms with Crippen LogP contribution in [0.5, 0.6) is 11.5 Å². The lowest BCUT2D eigenvalue weighted by Crippen LogP contribution is -2.44. The van der Waals surface area contributed by atoms with Gasteiger partial charge in [0.25, 0.3) is 0 Å². The second-order valence-electron chi connectivity index (χ2n) is 7.13. The Bertz CT molecular complexity index is 575. The molecule has 0 aromatic heterocycles. The van der Waals surface area contributed by atoms with Crippen molar-refractivity contribution in [3.8, 4) is 11.5 Å². The average molecular weight is 286 g/mol. The van der Waals surface area contributed by atoms with Crippen LogP contribution in [0.3, 0.4) is 0 Å². The molecule has 1 aliphatic carbocycles. The molecule has 1 aromatic rings. The minimum Gasteiger partial charge on any atom is -0.508 e. The minimum absolute atomic E-state index is 0.0824. The van der Waals surface area contributed by atoms with Crippen molar-refractivity contribution in [3.63, 3.8) is 0 Å². The van der Waals surface area contributed by atoms with Gasteiger partial charge in [0.15, 0.2) is 0 Å². The number of hydrogen-bond acceptors (Lipinski definition) is 2. The Morgan fingerprint density at radius 2 is 2.24 bits per heavy atom. The van der Waals surface area contributed by atoms with Crippen LogP contribution in [-0.2, 0) is 6.42 Å². The number of fused-ring (bicyclic) bond motifs is 4. The Kier molecular flexibility index (Phi) is 3.51. The summed E-state index contributed by atoms with van der Waals surface area (Å²) >= 11 is 0. The van der Waals surface area contributed by atoms with Crippen molar-refractivity contribution in [1.29, 1.82) is 0 Å². The largest absolute Gasteiger partial charge is 0.508 e. The van der Waals surface area contributed by atoms with Crippen molar-refractivity contribution >= 4 is 0 Å². The second kappa shape index (κ2) is 5.08. The Morgan fingerprint density at radius 1 is 1.48 bits per heavy atom. The van der Waals surface area contributed by atoms with Crippen molar-refractivity contribution in [2.24, 2.45) is 5.92 Å². The molecule has 0 spiro atoms. The topological polar surface area (TPSA) is 29.5 Å². The average Bonchev–Trinajstić information content (AvgIpc) is 2.37. The van der Waals surface area contributed by atoms with Crippen molar-refractivity contribution in [2.45, 2.75) is 64.4 Å². The highest BCUT2D eigenvalue weighted by Crippen LogP contribution is 2.55. The predicted octanol–water partition coefficient (Wildman–Crippen LogP) is 4.96. The fraction of sp³-hybridized carbons (Fsp3) is 0.579. The van der Waals surface area contributed by atoms with Crippen LogP contribution in [0.2, 0.25) is 0 Å². The smallest absolute Gasteiger partial charge is 0.127 e. The number of benzene rings is 1. The van der Waals surface area contributed by atoms with Gasteiger partial charge in [-0.15, -0.1) is 0 Å². The van der Waals surface area contributed by atoms with Gasteiger partial charge in [-0.05, 0) is 63.1 Å². The van der Waals surface area contributed by atoms with Gasteiger partial charge in [0, 0.05) is 11.5 Å². The first kappa shape index (κ1) is 14.5. The van der Waals surface area contributed by atoms with E-state index in [9.17, 15) is 5.11 Å². The fourth-order valence-corrected chi connectivity index (χ4v) is 4.18. The van der Waals surface area contributed by atoms with Gasteiger partial charge in [-0.3, -0.25) is 0 Å². The quantitative estimate of drug-likeness (QED) is 0.796. The molecule has 0 saturated heterocycles. The number of allylic oxidation sites excluding steroid dienone is 1. The molecule has 1 aromatic carbocycles. The number of rotatable bonds is 3. The third-order valence-electron chi connectivity index (χ3n) is 5.20. The van der Waals surface area contributed by atoms with Crippen molar-refractivity contribution in [1.82, 2.24) is 0 Å². The molecule has 0 amide bonds. The lowest BCUT2D eigenvalue weighted by Gasteiger charge is -2.48. The maximum Gasteiger partial charge on any atom is 0.127 e. The number of phenolic OH excluding ortho intramolecular Hbond substituents is 1. The van der Waals surface area contributed by atoms with Gasteiger partial charge in [-0.25, -0.2) is 0 Å². The van der Waals surface area contributed by atoms with Crippen LogP contribution in [-0.4, -0.2) is 10.7 Å². The Labute approximate surface area is 127 Å². The third kappa shape index (κ3) is 2.45. The summed E-state index contributed by atoms with van der Waals surface area (Å²) in [5.74, 6) is 2.13. The Balaban J connectivity index is 2.09. The van der Waals surface area contributed by atoms with Crippen LogP contribution >= 0.6 is 0 Å². The van der Waals surface area contributed by atoms with Gasteiger partial charge in [-0.2, -0.15) is 0 Å². The van der Waals surface area contributed by atoms with Crippen molar-refractivity contribution in [3.05, 3.63) is 35.4 Å². The first-order valence-electron chi connectivity index (χ1n) is 8.14. The van der Waals surface area contributed by atoms with E-state index < -0.39 is 0 Å². The van der Waals surface area contributed by atoms with E-state index in [-0.39, 0.29) is 5.60 Å². The number of phenols is 1. The molecule has 1 fully saturated rings. The summed E-state index contributed by atoms with van der Waals surface area (Å²) in [6.45, 7) is 10.7. The molecular weight excluding hydrogens is 260 g/mol. The molecule has 1 saturated carbocycles. The van der Waals surface area contributed by atoms with E-state index in [0.29, 0.717) is 17.6 Å². The molecular formula is C19H26O2. The highest BCUT2D eigenvalue weighted by molar-refractivity contribution is 5.52. The van der Waals surface area contributed by atoms with Gasteiger partial charge in [0.1, 0.15) is 17.1 Å². The number of aryl methyl sites for hydroxylation is 1. The minimum atomic E-state index is -0.0824. The van der Waals surface area contributed by atoms with Crippen LogP contribution in [0.25, 0.3) is 0 Å². The predicted molar refractivity (Wildman–Crippen MR) is 86.0 cm³/mol. The monoisotopic (exact) mass is 286 g/mol. The molecule has 2 heteroatoms. The van der Waals surface area contributed by atoms with E-state index in [1.54, 1.807) is 0 Å². The lowest BCUT2D eigenvalue weighted by molar-refractivity contribution is 0.00630. The summed E-state index contributed by atoms with van der Waals surface area (Å²) in [5.41, 5.74) is 3.33. The highest BCUT2D eigenvalue weighted by atomic mass is 16.5. The van der Waals surface area contributed by atoms with Gasteiger partial charge < -0.3 is 9.84 Å². The molecule has 2 bridgehead atoms. The van der Waals surface area contributed by atoms with Crippen LogP contribution in [0, 0.1) is 5.92 Å². The number of ether oxygens (including phenoxy) is 1. The van der Waals surface area contributed by atoms with Crippen molar-refractivity contribution in [2.75, 3.05) is 0 Å². The van der Waals surface area contributed by atoms with E-state index in [1.807, 2.05) is 6.07 Å². The standard InChI is InChI=1S/C19H26O2/c1-5-6-13-9-16(20)18-15-11-19(4,21-17(18)10-13)8-7-14(15)12(2)3/h9-10,14-15,20H,2,5-8,11H2,1,3-4H3/t14-,15?,19+/m0/s1. The lowest BCUT2D eigenvalue weighted by atomic mass is 9.65. The molecule has 0 radical (unpaired) electrons. The van der Waals surface area contributed by atoms with Gasteiger partial charge in [0.2, 0.25) is 0 Å². The number of hydrogen-bond donors (Lipinski definition) is 1. The maximum absolute atomic E-state index is 10.5. The molecule has 1 aliphatic heterocycles. The first-order valence-corrected chi connectivity index (χ1v) is 8.14. The van der Waals surface area contributed by atoms with Gasteiger partial charge >= 0.3 is 0 Å². The van der Waals surface area contributed by atoms with Crippen molar-refractivity contribution < 1.29 is 9.84 Å². The van der Waals surface area contributed by atoms with Crippen LogP contribution in [0.4, 0.5) is 0 Å². The zero-order valence-corrected chi connectivity index (χ0v) is 13.4. The van der Waals surface area contributed by atoms with Gasteiger partial charge in [0.05, 0.1) is 0 Å². The number of aromatic hydroxyl groups is 1. The summed E-state index contributed by atoms with van der Waals surface area (Å²) in [6, 6.07) is 4.07. The van der Waals surface area contributed by atoms with E-state index in [2.05, 4.69) is 33.4 Å². The zero-order chi connectivity index (χ0) is 15.2. The van der Waals surface area contributed by atoms with E-state index >= 15 is 0 Å². The SMILES string of the molecule is C=C(C)[C@@H]1CC[C@]2(C)CC1c1c(O)cc(CCC)cc1O2. The molecule has 3 atom stereocenters. The molecule has 3 rings (SSSR count). The summed E-state index contributed by atoms with van der Waals surface area (Å²) in [5, 5.41) is 10.5. The Morgan fingerprint density at radius 3 is 2.90 bits per heavy atom. The first-order chi connectivity index (χ1) is 9.93. The maximum atomic E-state index is 10.5. The van der Waals surface area contributed by atoms with Crippen LogP contribution < -0.4 is 4.74 Å². The molecule has 21 heavy (non-hydrogen) atoms. The summed E-state index contributed by atoms with van der Waals surface area (Å²) < 4.78 is 6.30. The molecule has 2 nitrogen and oxygen atoms in total. The Hall–Kier alpha value is -1.44. The fourth-order valence-electron chi connectivity index (χ4n) is 4.18. The van der Waals surface area contributed by atoms with Crippen LogP contribution in [0.15, 0.2) is 24.3 Å². The van der Waals surface area contributed by atoms with E-state index in [0.717, 1.165) is 43.4 Å². The van der Waals surface area contributed by atoms with E-state index in [4.69, 9.17) is 4.74 Å². The molecule has 114 valence electrons. The second-order valence-corrected chi connectivity index (χ2v) is 7.13. The highest BCUT2D eigenvalue weighted by Gasteiger charge is 2.46. The molecule has 1 unspecified atom stereocenters. The molecule has 1 N–H and O–H groups in total. The summed E-state index contributed by atoms with van der Waals surface area (Å²) in [7, 11) is 0. The summed E-state index contributed by atoms with van der Waals surface area (Å²) in [4.78, 5) is 0. The normalized spacial score (nSPS) is 30.4. The van der Waals surface area contributed by atoms with E-state index in [1.165, 1.54) is 11.1 Å². The molecule has 2 aliphatic rings. The van der Waals surface area contributed by atoms with Gasteiger partial charge in [-0.1, -0.05) is 25.5 Å². The summed E-state index contributed by atoms with van der Waals surface area (Å²) in [6.07, 6.45) is 5.21.